The summed E-state index contributed by atoms with van der Waals surface area (Å²) in [5.41, 5.74) is 0. The van der Waals surface area contributed by atoms with Gasteiger partial charge in [-0.15, -0.1) is 0 Å². The van der Waals surface area contributed by atoms with Crippen LogP contribution in [-0.2, 0) is 21.0 Å². The summed E-state index contributed by atoms with van der Waals surface area (Å²) < 4.78 is 43.1. The Kier molecular flexibility index (Phi) is 6.06. The lowest BCUT2D eigenvalue weighted by molar-refractivity contribution is 0.120. The molecule has 1 aromatic carbocycles. The molecule has 8 heteroatoms. The van der Waals surface area contributed by atoms with Crippen LogP contribution in [0.2, 0.25) is 0 Å². The van der Waals surface area contributed by atoms with E-state index in [4.69, 9.17) is 13.9 Å². The van der Waals surface area contributed by atoms with Crippen LogP contribution in [0.15, 0.2) is 38.6 Å². The number of sulfone groups is 1. The Bertz CT molecular complexity index is 853. The standard InChI is InChI=1S/C19H26N2O5S/c1-4-25-15-5-7-16(8-6-15)27(22,23)18-19(21-9-11-24-12-10-21)26-17(20-18)13-14(2)3/h5-8,14H,4,9-13H2,1-3H3. The minimum atomic E-state index is -3.81. The van der Waals surface area contributed by atoms with Gasteiger partial charge in [-0.3, -0.25) is 0 Å². The van der Waals surface area contributed by atoms with Gasteiger partial charge >= 0.3 is 0 Å². The van der Waals surface area contributed by atoms with E-state index in [0.29, 0.717) is 62.8 Å². The van der Waals surface area contributed by atoms with Gasteiger partial charge in [0, 0.05) is 19.5 Å². The molecule has 0 spiro atoms. The topological polar surface area (TPSA) is 81.9 Å². The molecular formula is C19H26N2O5S. The number of ether oxygens (including phenoxy) is 2. The number of rotatable bonds is 7. The largest absolute Gasteiger partial charge is 0.494 e. The molecule has 27 heavy (non-hydrogen) atoms. The van der Waals surface area contributed by atoms with Gasteiger partial charge in [0.05, 0.1) is 24.7 Å². The van der Waals surface area contributed by atoms with E-state index in [2.05, 4.69) is 4.98 Å². The van der Waals surface area contributed by atoms with Gasteiger partial charge < -0.3 is 18.8 Å². The molecule has 0 radical (unpaired) electrons. The third kappa shape index (κ3) is 4.44. The molecule has 1 fully saturated rings. The predicted octanol–water partition coefficient (Wildman–Crippen LogP) is 2.94. The quantitative estimate of drug-likeness (QED) is 0.714. The molecule has 1 aliphatic rings. The summed E-state index contributed by atoms with van der Waals surface area (Å²) in [6.07, 6.45) is 0.580. The molecule has 0 atom stereocenters. The molecule has 1 aliphatic heterocycles. The number of benzene rings is 1. The van der Waals surface area contributed by atoms with Crippen molar-refractivity contribution in [1.29, 1.82) is 0 Å². The van der Waals surface area contributed by atoms with Gasteiger partial charge in [-0.05, 0) is 37.1 Å². The van der Waals surface area contributed by atoms with Crippen LogP contribution in [0.25, 0.3) is 0 Å². The lowest BCUT2D eigenvalue weighted by Gasteiger charge is -2.26. The van der Waals surface area contributed by atoms with Gasteiger partial charge in [0.25, 0.3) is 0 Å². The van der Waals surface area contributed by atoms with Crippen LogP contribution in [0.1, 0.15) is 26.7 Å². The highest BCUT2D eigenvalue weighted by Gasteiger charge is 2.31. The maximum atomic E-state index is 13.2. The van der Waals surface area contributed by atoms with Crippen molar-refractivity contribution >= 4 is 15.7 Å². The number of hydrogen-bond acceptors (Lipinski definition) is 7. The monoisotopic (exact) mass is 394 g/mol. The Morgan fingerprint density at radius 2 is 1.85 bits per heavy atom. The molecule has 0 N–H and O–H groups in total. The number of nitrogens with zero attached hydrogens (tertiary/aromatic N) is 2. The molecule has 0 unspecified atom stereocenters. The van der Waals surface area contributed by atoms with E-state index < -0.39 is 9.84 Å². The molecule has 2 aromatic rings. The second-order valence-corrected chi connectivity index (χ2v) is 8.69. The fourth-order valence-corrected chi connectivity index (χ4v) is 4.25. The Morgan fingerprint density at radius 3 is 2.44 bits per heavy atom. The van der Waals surface area contributed by atoms with E-state index in [1.807, 2.05) is 25.7 Å². The van der Waals surface area contributed by atoms with Gasteiger partial charge in [0.1, 0.15) is 5.75 Å². The first-order chi connectivity index (χ1) is 12.9. The van der Waals surface area contributed by atoms with E-state index in [1.165, 1.54) is 0 Å². The summed E-state index contributed by atoms with van der Waals surface area (Å²) in [6.45, 7) is 8.69. The van der Waals surface area contributed by atoms with E-state index in [1.54, 1.807) is 24.3 Å². The zero-order valence-corrected chi connectivity index (χ0v) is 16.8. The molecule has 7 nitrogen and oxygen atoms in total. The summed E-state index contributed by atoms with van der Waals surface area (Å²) in [6, 6.07) is 6.39. The van der Waals surface area contributed by atoms with Crippen LogP contribution >= 0.6 is 0 Å². The Morgan fingerprint density at radius 1 is 1.19 bits per heavy atom. The number of morpholine rings is 1. The summed E-state index contributed by atoms with van der Waals surface area (Å²) >= 11 is 0. The minimum Gasteiger partial charge on any atom is -0.494 e. The highest BCUT2D eigenvalue weighted by atomic mass is 32.2. The molecular weight excluding hydrogens is 368 g/mol. The van der Waals surface area contributed by atoms with Crippen LogP contribution in [0.5, 0.6) is 5.75 Å². The maximum Gasteiger partial charge on any atom is 0.236 e. The number of anilines is 1. The molecule has 0 saturated carbocycles. The normalized spacial score (nSPS) is 15.3. The van der Waals surface area contributed by atoms with Crippen molar-refractivity contribution in [3.8, 4) is 5.75 Å². The molecule has 0 aliphatic carbocycles. The first kappa shape index (κ1) is 19.7. The van der Waals surface area contributed by atoms with Crippen LogP contribution in [-0.4, -0.2) is 46.3 Å². The summed E-state index contributed by atoms with van der Waals surface area (Å²) in [5, 5.41) is -0.0239. The lowest BCUT2D eigenvalue weighted by Crippen LogP contribution is -2.36. The van der Waals surface area contributed by atoms with Crippen LogP contribution in [0.3, 0.4) is 0 Å². The van der Waals surface area contributed by atoms with Gasteiger partial charge in [-0.1, -0.05) is 13.8 Å². The molecule has 1 saturated heterocycles. The van der Waals surface area contributed by atoms with E-state index >= 15 is 0 Å². The Labute approximate surface area is 160 Å². The van der Waals surface area contributed by atoms with E-state index in [9.17, 15) is 8.42 Å². The average Bonchev–Trinajstić information content (AvgIpc) is 3.07. The second-order valence-electron chi connectivity index (χ2n) is 6.82. The predicted molar refractivity (Wildman–Crippen MR) is 101 cm³/mol. The highest BCUT2D eigenvalue weighted by molar-refractivity contribution is 7.91. The SMILES string of the molecule is CCOc1ccc(S(=O)(=O)c2nc(CC(C)C)oc2N2CCOCC2)cc1. The first-order valence-corrected chi connectivity index (χ1v) is 10.7. The fraction of sp³-hybridized carbons (Fsp3) is 0.526. The highest BCUT2D eigenvalue weighted by Crippen LogP contribution is 2.32. The zero-order valence-electron chi connectivity index (χ0n) is 16.0. The van der Waals surface area contributed by atoms with Crippen molar-refractivity contribution in [2.45, 2.75) is 37.1 Å². The smallest absolute Gasteiger partial charge is 0.236 e. The average molecular weight is 394 g/mol. The van der Waals surface area contributed by atoms with E-state index in [-0.39, 0.29) is 9.92 Å². The van der Waals surface area contributed by atoms with E-state index in [0.717, 1.165) is 0 Å². The molecule has 148 valence electrons. The fourth-order valence-electron chi connectivity index (χ4n) is 2.91. The first-order valence-electron chi connectivity index (χ1n) is 9.22. The van der Waals surface area contributed by atoms with Crippen LogP contribution in [0, 0.1) is 5.92 Å². The minimum absolute atomic E-state index is 0.0239. The molecule has 0 bridgehead atoms. The van der Waals surface area contributed by atoms with Crippen molar-refractivity contribution in [3.05, 3.63) is 30.2 Å². The molecule has 2 heterocycles. The van der Waals surface area contributed by atoms with Gasteiger partial charge in [0.15, 0.2) is 5.89 Å². The van der Waals surface area contributed by atoms with Crippen molar-refractivity contribution in [2.24, 2.45) is 5.92 Å². The number of aromatic nitrogens is 1. The summed E-state index contributed by atoms with van der Waals surface area (Å²) in [7, 11) is -3.81. The van der Waals surface area contributed by atoms with Gasteiger partial charge in [-0.2, -0.15) is 4.98 Å². The van der Waals surface area contributed by atoms with Crippen molar-refractivity contribution in [1.82, 2.24) is 4.98 Å². The van der Waals surface area contributed by atoms with Gasteiger partial charge in [-0.25, -0.2) is 8.42 Å². The second kappa shape index (κ2) is 8.31. The van der Waals surface area contributed by atoms with Crippen molar-refractivity contribution in [3.63, 3.8) is 0 Å². The third-order valence-corrected chi connectivity index (χ3v) is 5.87. The zero-order chi connectivity index (χ0) is 19.4. The summed E-state index contributed by atoms with van der Waals surface area (Å²) in [5.74, 6) is 1.69. The maximum absolute atomic E-state index is 13.2. The third-order valence-electron chi connectivity index (χ3n) is 4.20. The number of oxazole rings is 1. The van der Waals surface area contributed by atoms with Crippen molar-refractivity contribution in [2.75, 3.05) is 37.8 Å². The Hall–Kier alpha value is -2.06. The van der Waals surface area contributed by atoms with Gasteiger partial charge in [0.2, 0.25) is 20.7 Å². The molecule has 1 aromatic heterocycles. The van der Waals surface area contributed by atoms with Crippen LogP contribution < -0.4 is 9.64 Å². The Balaban J connectivity index is 2.00. The molecule has 3 rings (SSSR count). The summed E-state index contributed by atoms with van der Waals surface area (Å²) in [4.78, 5) is 6.43. The van der Waals surface area contributed by atoms with Crippen molar-refractivity contribution < 1.29 is 22.3 Å². The number of hydrogen-bond donors (Lipinski definition) is 0. The lowest BCUT2D eigenvalue weighted by atomic mass is 10.1. The van der Waals surface area contributed by atoms with Crippen LogP contribution in [0.4, 0.5) is 5.88 Å². The molecule has 0 amide bonds.